The molecule has 0 amide bonds. The molecule has 1 fully saturated rings. The van der Waals surface area contributed by atoms with Gasteiger partial charge < -0.3 is 30.1 Å². The lowest BCUT2D eigenvalue weighted by molar-refractivity contribution is 0.200. The Morgan fingerprint density at radius 1 is 1.12 bits per heavy atom. The predicted octanol–water partition coefficient (Wildman–Crippen LogP) is 3.37. The van der Waals surface area contributed by atoms with Crippen LogP contribution in [0.1, 0.15) is 50.8 Å². The molecule has 8 heteroatoms. The van der Waals surface area contributed by atoms with Gasteiger partial charge in [0.2, 0.25) is 0 Å². The standard InChI is InChI=1S/C24H35N5O3/c1-17(2)32-22-8-7-18(30)15-21(22)29-13-9-19-20(16-29)26-24(27-23(19)25)31-14-6-12-28-10-4-3-5-11-28/h7-8,15,17,30H,3-6,9-14,16H2,1-2H3,(H2,25,26,27). The van der Waals surface area contributed by atoms with Crippen LogP contribution in [0.4, 0.5) is 11.5 Å². The molecule has 0 unspecified atom stereocenters. The summed E-state index contributed by atoms with van der Waals surface area (Å²) in [5.74, 6) is 1.45. The Labute approximate surface area is 190 Å². The molecule has 0 radical (unpaired) electrons. The van der Waals surface area contributed by atoms with Gasteiger partial charge in [-0.3, -0.25) is 0 Å². The van der Waals surface area contributed by atoms with Gasteiger partial charge in [0.05, 0.1) is 30.6 Å². The van der Waals surface area contributed by atoms with Crippen molar-refractivity contribution in [1.29, 1.82) is 0 Å². The highest BCUT2D eigenvalue weighted by Gasteiger charge is 2.24. The van der Waals surface area contributed by atoms with E-state index in [1.165, 1.54) is 32.4 Å². The minimum Gasteiger partial charge on any atom is -0.508 e. The lowest BCUT2D eigenvalue weighted by atomic mass is 10.0. The van der Waals surface area contributed by atoms with Crippen LogP contribution in [0.15, 0.2) is 18.2 Å². The molecule has 1 aromatic heterocycles. The first-order valence-electron chi connectivity index (χ1n) is 11.7. The van der Waals surface area contributed by atoms with Crippen molar-refractivity contribution in [3.05, 3.63) is 29.5 Å². The molecule has 174 valence electrons. The van der Waals surface area contributed by atoms with E-state index >= 15 is 0 Å². The fourth-order valence-corrected chi connectivity index (χ4v) is 4.45. The largest absolute Gasteiger partial charge is 0.508 e. The number of phenolic OH excluding ortho intramolecular Hbond substituents is 1. The van der Waals surface area contributed by atoms with Crippen molar-refractivity contribution in [3.8, 4) is 17.5 Å². The molecule has 0 spiro atoms. The van der Waals surface area contributed by atoms with Gasteiger partial charge in [0.15, 0.2) is 0 Å². The first kappa shape index (κ1) is 22.5. The summed E-state index contributed by atoms with van der Waals surface area (Å²) in [5.41, 5.74) is 8.95. The van der Waals surface area contributed by atoms with Gasteiger partial charge in [-0.05, 0) is 64.8 Å². The van der Waals surface area contributed by atoms with Crippen molar-refractivity contribution < 1.29 is 14.6 Å². The highest BCUT2D eigenvalue weighted by Crippen LogP contribution is 2.36. The molecule has 32 heavy (non-hydrogen) atoms. The highest BCUT2D eigenvalue weighted by molar-refractivity contribution is 5.63. The van der Waals surface area contributed by atoms with Crippen LogP contribution in [-0.2, 0) is 13.0 Å². The summed E-state index contributed by atoms with van der Waals surface area (Å²) >= 11 is 0. The summed E-state index contributed by atoms with van der Waals surface area (Å²) in [6, 6.07) is 5.54. The van der Waals surface area contributed by atoms with E-state index in [0.29, 0.717) is 25.0 Å². The Morgan fingerprint density at radius 3 is 2.72 bits per heavy atom. The summed E-state index contributed by atoms with van der Waals surface area (Å²) in [4.78, 5) is 13.7. The third-order valence-electron chi connectivity index (χ3n) is 6.02. The van der Waals surface area contributed by atoms with Crippen molar-refractivity contribution in [3.63, 3.8) is 0 Å². The SMILES string of the molecule is CC(C)Oc1ccc(O)cc1N1CCc2c(N)nc(OCCCN3CCCCC3)nc2C1. The number of phenols is 1. The smallest absolute Gasteiger partial charge is 0.318 e. The number of aromatic nitrogens is 2. The van der Waals surface area contributed by atoms with Gasteiger partial charge in [0.25, 0.3) is 0 Å². The van der Waals surface area contributed by atoms with E-state index in [1.807, 2.05) is 19.9 Å². The molecule has 2 aromatic rings. The number of hydrogen-bond acceptors (Lipinski definition) is 8. The number of nitrogen functional groups attached to an aromatic ring is 1. The van der Waals surface area contributed by atoms with E-state index in [0.717, 1.165) is 48.6 Å². The minimum atomic E-state index is 0.0401. The molecule has 1 saturated heterocycles. The number of aromatic hydroxyl groups is 1. The third-order valence-corrected chi connectivity index (χ3v) is 6.02. The molecule has 0 atom stereocenters. The molecule has 1 aromatic carbocycles. The van der Waals surface area contributed by atoms with Crippen LogP contribution in [0.5, 0.6) is 17.5 Å². The fraction of sp³-hybridized carbons (Fsp3) is 0.583. The molecule has 2 aliphatic rings. The molecule has 0 bridgehead atoms. The molecule has 3 heterocycles. The molecule has 8 nitrogen and oxygen atoms in total. The number of ether oxygens (including phenoxy) is 2. The zero-order valence-electron chi connectivity index (χ0n) is 19.2. The van der Waals surface area contributed by atoms with Gasteiger partial charge in [-0.25, -0.2) is 0 Å². The maximum Gasteiger partial charge on any atom is 0.318 e. The van der Waals surface area contributed by atoms with Crippen LogP contribution in [-0.4, -0.2) is 58.9 Å². The van der Waals surface area contributed by atoms with E-state index in [2.05, 4.69) is 19.8 Å². The summed E-state index contributed by atoms with van der Waals surface area (Å²) in [6.07, 6.45) is 5.66. The maximum atomic E-state index is 10.0. The second-order valence-corrected chi connectivity index (χ2v) is 8.91. The Hall–Kier alpha value is -2.74. The molecule has 0 saturated carbocycles. The Balaban J connectivity index is 1.42. The van der Waals surface area contributed by atoms with Crippen molar-refractivity contribution in [2.75, 3.05) is 43.4 Å². The van der Waals surface area contributed by atoms with Crippen LogP contribution >= 0.6 is 0 Å². The van der Waals surface area contributed by atoms with Crippen LogP contribution in [0.25, 0.3) is 0 Å². The van der Waals surface area contributed by atoms with Crippen LogP contribution in [0.2, 0.25) is 0 Å². The van der Waals surface area contributed by atoms with Crippen molar-refractivity contribution in [2.45, 2.75) is 58.6 Å². The Kier molecular flexibility index (Phi) is 7.19. The summed E-state index contributed by atoms with van der Waals surface area (Å²) in [5, 5.41) is 10.0. The predicted molar refractivity (Wildman–Crippen MR) is 125 cm³/mol. The summed E-state index contributed by atoms with van der Waals surface area (Å²) < 4.78 is 11.8. The van der Waals surface area contributed by atoms with Crippen LogP contribution < -0.4 is 20.1 Å². The number of likely N-dealkylation sites (tertiary alicyclic amines) is 1. The first-order valence-corrected chi connectivity index (χ1v) is 11.7. The van der Waals surface area contributed by atoms with Crippen molar-refractivity contribution in [2.24, 2.45) is 0 Å². The molecule has 3 N–H and O–H groups in total. The van der Waals surface area contributed by atoms with Gasteiger partial charge in [0, 0.05) is 24.7 Å². The van der Waals surface area contributed by atoms with E-state index in [-0.39, 0.29) is 11.9 Å². The average molecular weight is 442 g/mol. The van der Waals surface area contributed by atoms with Gasteiger partial charge in [-0.2, -0.15) is 9.97 Å². The average Bonchev–Trinajstić information content (AvgIpc) is 2.78. The normalized spacial score (nSPS) is 16.8. The van der Waals surface area contributed by atoms with Gasteiger partial charge >= 0.3 is 6.01 Å². The van der Waals surface area contributed by atoms with E-state index < -0.39 is 0 Å². The first-order chi connectivity index (χ1) is 15.5. The van der Waals surface area contributed by atoms with Gasteiger partial charge in [-0.1, -0.05) is 6.42 Å². The summed E-state index contributed by atoms with van der Waals surface area (Å²) in [7, 11) is 0. The number of anilines is 2. The number of nitrogens with two attached hydrogens (primary N) is 1. The number of nitrogens with zero attached hydrogens (tertiary/aromatic N) is 4. The Morgan fingerprint density at radius 2 is 1.94 bits per heavy atom. The monoisotopic (exact) mass is 441 g/mol. The molecule has 2 aliphatic heterocycles. The molecular formula is C24H35N5O3. The molecule has 0 aliphatic carbocycles. The number of benzene rings is 1. The number of rotatable bonds is 8. The number of hydrogen-bond donors (Lipinski definition) is 2. The summed E-state index contributed by atoms with van der Waals surface area (Å²) in [6.45, 7) is 9.29. The van der Waals surface area contributed by atoms with E-state index in [4.69, 9.17) is 15.2 Å². The van der Waals surface area contributed by atoms with Crippen LogP contribution in [0.3, 0.4) is 0 Å². The highest BCUT2D eigenvalue weighted by atomic mass is 16.5. The maximum absolute atomic E-state index is 10.0. The topological polar surface area (TPSA) is 97.0 Å². The third kappa shape index (κ3) is 5.54. The second kappa shape index (κ2) is 10.3. The van der Waals surface area contributed by atoms with E-state index in [1.54, 1.807) is 12.1 Å². The zero-order chi connectivity index (χ0) is 22.5. The number of fused-ring (bicyclic) bond motifs is 1. The minimum absolute atomic E-state index is 0.0401. The quantitative estimate of drug-likeness (QED) is 0.602. The lowest BCUT2D eigenvalue weighted by Crippen LogP contribution is -2.33. The second-order valence-electron chi connectivity index (χ2n) is 8.91. The van der Waals surface area contributed by atoms with Crippen LogP contribution in [0, 0.1) is 0 Å². The zero-order valence-corrected chi connectivity index (χ0v) is 19.2. The molecular weight excluding hydrogens is 406 g/mol. The van der Waals surface area contributed by atoms with Crippen molar-refractivity contribution >= 4 is 11.5 Å². The fourth-order valence-electron chi connectivity index (χ4n) is 4.45. The van der Waals surface area contributed by atoms with Crippen molar-refractivity contribution in [1.82, 2.24) is 14.9 Å². The van der Waals surface area contributed by atoms with Gasteiger partial charge in [0.1, 0.15) is 17.3 Å². The number of piperidine rings is 1. The van der Waals surface area contributed by atoms with Gasteiger partial charge in [-0.15, -0.1) is 0 Å². The van der Waals surface area contributed by atoms with E-state index in [9.17, 15) is 5.11 Å². The molecule has 4 rings (SSSR count). The Bertz CT molecular complexity index is 915. The lowest BCUT2D eigenvalue weighted by Gasteiger charge is -2.32.